The van der Waals surface area contributed by atoms with E-state index in [9.17, 15) is 13.2 Å². The first-order valence-corrected chi connectivity index (χ1v) is 4.66. The Kier molecular flexibility index (Phi) is 2.46. The molecular weight excluding hydrogens is 217 g/mol. The number of hydrogen-bond acceptors (Lipinski definition) is 2. The van der Waals surface area contributed by atoms with Crippen LogP contribution in [-0.4, -0.2) is 12.0 Å². The van der Waals surface area contributed by atoms with Gasteiger partial charge < -0.3 is 5.32 Å². The Balaban J connectivity index is 2.59. The molecule has 0 amide bonds. The maximum Gasteiger partial charge on any atom is 0.416 e. The molecule has 2 aromatic rings. The minimum atomic E-state index is -4.33. The van der Waals surface area contributed by atoms with E-state index in [2.05, 4.69) is 10.3 Å². The lowest BCUT2D eigenvalue weighted by Crippen LogP contribution is -2.04. The quantitative estimate of drug-likeness (QED) is 0.807. The van der Waals surface area contributed by atoms with Crippen LogP contribution in [0.25, 0.3) is 10.9 Å². The number of anilines is 1. The van der Waals surface area contributed by atoms with Gasteiger partial charge in [0.25, 0.3) is 0 Å². The summed E-state index contributed by atoms with van der Waals surface area (Å²) in [4.78, 5) is 4.06. The fourth-order valence-electron chi connectivity index (χ4n) is 1.43. The van der Waals surface area contributed by atoms with Gasteiger partial charge in [0.15, 0.2) is 0 Å². The molecule has 2 nitrogen and oxygen atoms in total. The van der Waals surface area contributed by atoms with Crippen molar-refractivity contribution in [1.29, 1.82) is 0 Å². The van der Waals surface area contributed by atoms with Gasteiger partial charge in [-0.25, -0.2) is 4.98 Å². The standard InChI is InChI=1S/C11H9F3N2/c1-15-10-5-3-7-2-4-8(11(12,13)14)6-9(7)16-10/h2-6H,1H3,(H,15,16). The zero-order valence-electron chi connectivity index (χ0n) is 8.47. The molecule has 2 rings (SSSR count). The first-order chi connectivity index (χ1) is 7.50. The summed E-state index contributed by atoms with van der Waals surface area (Å²) < 4.78 is 37.4. The number of pyridine rings is 1. The van der Waals surface area contributed by atoms with Crippen LogP contribution in [-0.2, 0) is 6.18 Å². The van der Waals surface area contributed by atoms with Crippen LogP contribution in [0.15, 0.2) is 30.3 Å². The van der Waals surface area contributed by atoms with Crippen LogP contribution in [0.3, 0.4) is 0 Å². The molecule has 0 radical (unpaired) electrons. The van der Waals surface area contributed by atoms with Gasteiger partial charge >= 0.3 is 6.18 Å². The lowest BCUT2D eigenvalue weighted by Gasteiger charge is -2.08. The van der Waals surface area contributed by atoms with Crippen LogP contribution in [0.4, 0.5) is 19.0 Å². The number of rotatable bonds is 1. The van der Waals surface area contributed by atoms with Crippen LogP contribution in [0, 0.1) is 0 Å². The number of benzene rings is 1. The largest absolute Gasteiger partial charge is 0.416 e. The van der Waals surface area contributed by atoms with Gasteiger partial charge in [0.05, 0.1) is 11.1 Å². The average molecular weight is 226 g/mol. The van der Waals surface area contributed by atoms with Crippen molar-refractivity contribution >= 4 is 16.7 Å². The molecule has 0 unspecified atom stereocenters. The fraction of sp³-hybridized carbons (Fsp3) is 0.182. The highest BCUT2D eigenvalue weighted by atomic mass is 19.4. The van der Waals surface area contributed by atoms with Gasteiger partial charge in [-0.1, -0.05) is 6.07 Å². The van der Waals surface area contributed by atoms with Gasteiger partial charge in [-0.2, -0.15) is 13.2 Å². The smallest absolute Gasteiger partial charge is 0.373 e. The fourth-order valence-corrected chi connectivity index (χ4v) is 1.43. The van der Waals surface area contributed by atoms with Crippen LogP contribution in [0.1, 0.15) is 5.56 Å². The molecule has 1 aromatic carbocycles. The van der Waals surface area contributed by atoms with E-state index < -0.39 is 11.7 Å². The van der Waals surface area contributed by atoms with Crippen molar-refractivity contribution in [3.05, 3.63) is 35.9 Å². The molecule has 1 heterocycles. The van der Waals surface area contributed by atoms with Gasteiger partial charge in [0.1, 0.15) is 5.82 Å². The minimum Gasteiger partial charge on any atom is -0.373 e. The number of alkyl halides is 3. The van der Waals surface area contributed by atoms with E-state index in [1.165, 1.54) is 6.07 Å². The van der Waals surface area contributed by atoms with Crippen molar-refractivity contribution in [3.8, 4) is 0 Å². The number of nitrogens with zero attached hydrogens (tertiary/aromatic N) is 1. The molecule has 5 heteroatoms. The molecule has 84 valence electrons. The van der Waals surface area contributed by atoms with Crippen LogP contribution < -0.4 is 5.32 Å². The highest BCUT2D eigenvalue weighted by Crippen LogP contribution is 2.31. The summed E-state index contributed by atoms with van der Waals surface area (Å²) >= 11 is 0. The Hall–Kier alpha value is -1.78. The summed E-state index contributed by atoms with van der Waals surface area (Å²) in [6.45, 7) is 0. The van der Waals surface area contributed by atoms with E-state index in [1.807, 2.05) is 0 Å². The second-order valence-electron chi connectivity index (χ2n) is 3.35. The SMILES string of the molecule is CNc1ccc2ccc(C(F)(F)F)cc2n1. The van der Waals surface area contributed by atoms with Gasteiger partial charge in [-0.15, -0.1) is 0 Å². The number of aromatic nitrogens is 1. The van der Waals surface area contributed by atoms with Crippen molar-refractivity contribution < 1.29 is 13.2 Å². The topological polar surface area (TPSA) is 24.9 Å². The van der Waals surface area contributed by atoms with Crippen molar-refractivity contribution in [2.45, 2.75) is 6.18 Å². The third-order valence-corrected chi connectivity index (χ3v) is 2.28. The summed E-state index contributed by atoms with van der Waals surface area (Å²) in [6.07, 6.45) is -4.33. The van der Waals surface area contributed by atoms with Gasteiger partial charge in [-0.05, 0) is 24.3 Å². The first-order valence-electron chi connectivity index (χ1n) is 4.66. The molecule has 0 aliphatic rings. The number of fused-ring (bicyclic) bond motifs is 1. The maximum absolute atomic E-state index is 12.5. The van der Waals surface area contributed by atoms with Gasteiger partial charge in [-0.3, -0.25) is 0 Å². The molecule has 0 aliphatic carbocycles. The molecule has 0 aliphatic heterocycles. The van der Waals surface area contributed by atoms with Gasteiger partial charge in [0, 0.05) is 12.4 Å². The number of hydrogen-bond donors (Lipinski definition) is 1. The second-order valence-corrected chi connectivity index (χ2v) is 3.35. The van der Waals surface area contributed by atoms with Crippen molar-refractivity contribution in [1.82, 2.24) is 4.98 Å². The summed E-state index contributed by atoms with van der Waals surface area (Å²) in [5, 5.41) is 3.47. The Morgan fingerprint density at radius 3 is 2.44 bits per heavy atom. The molecule has 0 fully saturated rings. The molecule has 0 bridgehead atoms. The lowest BCUT2D eigenvalue weighted by atomic mass is 10.1. The third-order valence-electron chi connectivity index (χ3n) is 2.28. The molecule has 1 aromatic heterocycles. The monoisotopic (exact) mass is 226 g/mol. The highest BCUT2D eigenvalue weighted by molar-refractivity contribution is 5.81. The van der Waals surface area contributed by atoms with Crippen molar-refractivity contribution in [2.75, 3.05) is 12.4 Å². The van der Waals surface area contributed by atoms with E-state index in [1.54, 1.807) is 19.2 Å². The third kappa shape index (κ3) is 1.93. The summed E-state index contributed by atoms with van der Waals surface area (Å²) in [5.41, 5.74) is -0.345. The molecule has 0 spiro atoms. The van der Waals surface area contributed by atoms with E-state index >= 15 is 0 Å². The second kappa shape index (κ2) is 3.66. The summed E-state index contributed by atoms with van der Waals surface area (Å²) in [7, 11) is 1.67. The lowest BCUT2D eigenvalue weighted by molar-refractivity contribution is -0.137. The zero-order valence-corrected chi connectivity index (χ0v) is 8.47. The molecular formula is C11H9F3N2. The molecule has 0 saturated carbocycles. The summed E-state index contributed by atoms with van der Waals surface area (Å²) in [5.74, 6) is 0.548. The maximum atomic E-state index is 12.5. The Labute approximate surface area is 90.1 Å². The van der Waals surface area contributed by atoms with Crippen molar-refractivity contribution in [3.63, 3.8) is 0 Å². The predicted molar refractivity (Wildman–Crippen MR) is 56.3 cm³/mol. The normalized spacial score (nSPS) is 11.8. The van der Waals surface area contributed by atoms with Crippen LogP contribution in [0.5, 0.6) is 0 Å². The van der Waals surface area contributed by atoms with Gasteiger partial charge in [0.2, 0.25) is 0 Å². The molecule has 0 atom stereocenters. The molecule has 0 saturated heterocycles. The van der Waals surface area contributed by atoms with Crippen LogP contribution >= 0.6 is 0 Å². The Bertz CT molecular complexity index is 520. The Morgan fingerprint density at radius 2 is 1.81 bits per heavy atom. The minimum absolute atomic E-state index is 0.335. The van der Waals surface area contributed by atoms with Crippen LogP contribution in [0.2, 0.25) is 0 Å². The first kappa shape index (κ1) is 10.7. The van der Waals surface area contributed by atoms with E-state index in [0.29, 0.717) is 16.7 Å². The average Bonchev–Trinajstić information content (AvgIpc) is 2.26. The van der Waals surface area contributed by atoms with E-state index in [-0.39, 0.29) is 0 Å². The summed E-state index contributed by atoms with van der Waals surface area (Å²) in [6, 6.07) is 6.98. The predicted octanol–water partition coefficient (Wildman–Crippen LogP) is 3.30. The Morgan fingerprint density at radius 1 is 1.12 bits per heavy atom. The van der Waals surface area contributed by atoms with E-state index in [0.717, 1.165) is 12.1 Å². The highest BCUT2D eigenvalue weighted by Gasteiger charge is 2.30. The number of halogens is 3. The molecule has 1 N–H and O–H groups in total. The number of nitrogens with one attached hydrogen (secondary N) is 1. The zero-order chi connectivity index (χ0) is 11.8. The van der Waals surface area contributed by atoms with Crippen molar-refractivity contribution in [2.24, 2.45) is 0 Å². The molecule has 16 heavy (non-hydrogen) atoms. The van der Waals surface area contributed by atoms with E-state index in [4.69, 9.17) is 0 Å².